The minimum atomic E-state index is -1.13. The van der Waals surface area contributed by atoms with Crippen LogP contribution in [0.1, 0.15) is 16.1 Å². The van der Waals surface area contributed by atoms with E-state index in [1.54, 1.807) is 12.1 Å². The van der Waals surface area contributed by atoms with Gasteiger partial charge >= 0.3 is 5.97 Å². The Hall–Kier alpha value is -2.37. The first kappa shape index (κ1) is 11.1. The largest absolute Gasteiger partial charge is 0.476 e. The highest BCUT2D eigenvalue weighted by molar-refractivity contribution is 5.86. The normalized spacial score (nSPS) is 10.4. The van der Waals surface area contributed by atoms with E-state index >= 15 is 0 Å². The van der Waals surface area contributed by atoms with Crippen molar-refractivity contribution in [3.05, 3.63) is 47.4 Å². The van der Waals surface area contributed by atoms with Gasteiger partial charge in [-0.25, -0.2) is 13.9 Å². The Labute approximate surface area is 96.3 Å². The van der Waals surface area contributed by atoms with E-state index in [4.69, 9.17) is 10.8 Å². The summed E-state index contributed by atoms with van der Waals surface area (Å²) in [5.74, 6) is -1.20. The van der Waals surface area contributed by atoms with Gasteiger partial charge in [0.1, 0.15) is 11.6 Å². The van der Waals surface area contributed by atoms with Crippen LogP contribution in [0.4, 0.5) is 10.2 Å². The average Bonchev–Trinajstić information content (AvgIpc) is 2.64. The molecule has 0 saturated carbocycles. The molecule has 0 aliphatic carbocycles. The van der Waals surface area contributed by atoms with Crippen LogP contribution in [0.3, 0.4) is 0 Å². The average molecular weight is 235 g/mol. The molecule has 0 spiro atoms. The minimum absolute atomic E-state index is 0.107. The molecule has 0 fully saturated rings. The van der Waals surface area contributed by atoms with Gasteiger partial charge in [-0.3, -0.25) is 0 Å². The number of carboxylic acids is 1. The highest BCUT2D eigenvalue weighted by Crippen LogP contribution is 2.10. The van der Waals surface area contributed by atoms with Crippen LogP contribution < -0.4 is 5.73 Å². The summed E-state index contributed by atoms with van der Waals surface area (Å²) >= 11 is 0. The zero-order valence-corrected chi connectivity index (χ0v) is 8.80. The van der Waals surface area contributed by atoms with Gasteiger partial charge in [-0.1, -0.05) is 12.1 Å². The molecule has 3 N–H and O–H groups in total. The molecule has 6 heteroatoms. The van der Waals surface area contributed by atoms with E-state index in [1.165, 1.54) is 22.9 Å². The van der Waals surface area contributed by atoms with Crippen molar-refractivity contribution in [1.82, 2.24) is 9.78 Å². The van der Waals surface area contributed by atoms with Gasteiger partial charge in [0.2, 0.25) is 0 Å². The number of nitrogens with zero attached hydrogens (tertiary/aromatic N) is 2. The number of carboxylic acid groups (broad SMARTS) is 1. The maximum absolute atomic E-state index is 12.7. The number of benzene rings is 1. The van der Waals surface area contributed by atoms with Crippen LogP contribution in [0.25, 0.3) is 0 Å². The molecule has 0 saturated heterocycles. The topological polar surface area (TPSA) is 81.1 Å². The summed E-state index contributed by atoms with van der Waals surface area (Å²) in [6.07, 6.45) is 0. The van der Waals surface area contributed by atoms with Crippen molar-refractivity contribution < 1.29 is 14.3 Å². The summed E-state index contributed by atoms with van der Waals surface area (Å²) < 4.78 is 14.0. The maximum atomic E-state index is 12.7. The number of rotatable bonds is 3. The Bertz CT molecular complexity index is 548. The molecule has 1 aromatic heterocycles. The summed E-state index contributed by atoms with van der Waals surface area (Å²) in [6.45, 7) is 0.305. The number of carbonyl (C=O) groups is 1. The van der Waals surface area contributed by atoms with Crippen molar-refractivity contribution >= 4 is 11.8 Å². The lowest BCUT2D eigenvalue weighted by molar-refractivity contribution is 0.0689. The Morgan fingerprint density at radius 2 is 2.06 bits per heavy atom. The van der Waals surface area contributed by atoms with Gasteiger partial charge in [0.05, 0.1) is 6.54 Å². The quantitative estimate of drug-likeness (QED) is 0.841. The van der Waals surface area contributed by atoms with E-state index in [9.17, 15) is 9.18 Å². The number of nitrogens with two attached hydrogens (primary N) is 1. The van der Waals surface area contributed by atoms with Gasteiger partial charge in [-0.05, 0) is 17.7 Å². The van der Waals surface area contributed by atoms with Crippen molar-refractivity contribution in [2.75, 3.05) is 5.73 Å². The third-order valence-electron chi connectivity index (χ3n) is 2.28. The Balaban J connectivity index is 2.24. The van der Waals surface area contributed by atoms with Gasteiger partial charge in [-0.2, -0.15) is 5.10 Å². The standard InChI is InChI=1S/C11H10FN3O2/c12-8-3-1-7(2-4-8)6-15-10(13)5-9(14-15)11(16)17/h1-5H,6,13H2,(H,16,17). The zero-order valence-electron chi connectivity index (χ0n) is 8.80. The van der Waals surface area contributed by atoms with Crippen LogP contribution >= 0.6 is 0 Å². The highest BCUT2D eigenvalue weighted by atomic mass is 19.1. The van der Waals surface area contributed by atoms with Gasteiger partial charge in [0.25, 0.3) is 0 Å². The van der Waals surface area contributed by atoms with Gasteiger partial charge in [0.15, 0.2) is 5.69 Å². The summed E-state index contributed by atoms with van der Waals surface area (Å²) in [4.78, 5) is 10.7. The summed E-state index contributed by atoms with van der Waals surface area (Å²) in [6, 6.07) is 7.12. The Morgan fingerprint density at radius 3 is 2.59 bits per heavy atom. The predicted molar refractivity (Wildman–Crippen MR) is 59.1 cm³/mol. The number of hydrogen-bond donors (Lipinski definition) is 2. The number of aromatic carboxylic acids is 1. The van der Waals surface area contributed by atoms with Crippen LogP contribution in [0.15, 0.2) is 30.3 Å². The third kappa shape index (κ3) is 2.41. The number of aromatic nitrogens is 2. The first-order valence-corrected chi connectivity index (χ1v) is 4.87. The Morgan fingerprint density at radius 1 is 1.41 bits per heavy atom. The van der Waals surface area contributed by atoms with Crippen LogP contribution in [0, 0.1) is 5.82 Å². The van der Waals surface area contributed by atoms with Crippen LogP contribution in [-0.2, 0) is 6.54 Å². The van der Waals surface area contributed by atoms with E-state index < -0.39 is 5.97 Å². The van der Waals surface area contributed by atoms with E-state index in [2.05, 4.69) is 5.10 Å². The molecule has 1 heterocycles. The van der Waals surface area contributed by atoms with Gasteiger partial charge in [-0.15, -0.1) is 0 Å². The van der Waals surface area contributed by atoms with Crippen LogP contribution in [0.5, 0.6) is 0 Å². The van der Waals surface area contributed by atoms with E-state index in [0.29, 0.717) is 6.54 Å². The smallest absolute Gasteiger partial charge is 0.356 e. The fourth-order valence-electron chi connectivity index (χ4n) is 1.43. The molecule has 5 nitrogen and oxygen atoms in total. The SMILES string of the molecule is Nc1cc(C(=O)O)nn1Cc1ccc(F)cc1. The number of hydrogen-bond acceptors (Lipinski definition) is 3. The maximum Gasteiger partial charge on any atom is 0.356 e. The van der Waals surface area contributed by atoms with Crippen molar-refractivity contribution in [3.63, 3.8) is 0 Å². The fourth-order valence-corrected chi connectivity index (χ4v) is 1.43. The molecule has 88 valence electrons. The molecule has 17 heavy (non-hydrogen) atoms. The molecule has 0 amide bonds. The molecule has 1 aromatic carbocycles. The van der Waals surface area contributed by atoms with E-state index in [-0.39, 0.29) is 17.3 Å². The molecular weight excluding hydrogens is 225 g/mol. The van der Waals surface area contributed by atoms with E-state index in [1.807, 2.05) is 0 Å². The molecule has 0 radical (unpaired) electrons. The zero-order chi connectivity index (χ0) is 12.4. The number of nitrogen functional groups attached to an aromatic ring is 1. The second-order valence-corrected chi connectivity index (χ2v) is 3.54. The van der Waals surface area contributed by atoms with Crippen molar-refractivity contribution in [2.24, 2.45) is 0 Å². The molecule has 0 unspecified atom stereocenters. The highest BCUT2D eigenvalue weighted by Gasteiger charge is 2.11. The molecule has 0 aliphatic rings. The third-order valence-corrected chi connectivity index (χ3v) is 2.28. The van der Waals surface area contributed by atoms with Crippen molar-refractivity contribution in [2.45, 2.75) is 6.54 Å². The monoisotopic (exact) mass is 235 g/mol. The summed E-state index contributed by atoms with van der Waals surface area (Å²) in [7, 11) is 0. The van der Waals surface area contributed by atoms with Gasteiger partial charge < -0.3 is 10.8 Å². The molecule has 0 atom stereocenters. The van der Waals surface area contributed by atoms with Gasteiger partial charge in [0, 0.05) is 6.07 Å². The molecule has 2 aromatic rings. The number of anilines is 1. The van der Waals surface area contributed by atoms with Crippen LogP contribution in [-0.4, -0.2) is 20.9 Å². The lowest BCUT2D eigenvalue weighted by Crippen LogP contribution is -2.07. The van der Waals surface area contributed by atoms with Crippen molar-refractivity contribution in [1.29, 1.82) is 0 Å². The Kier molecular flexibility index (Phi) is 2.78. The first-order valence-electron chi connectivity index (χ1n) is 4.87. The molecule has 0 aliphatic heterocycles. The lowest BCUT2D eigenvalue weighted by atomic mass is 10.2. The minimum Gasteiger partial charge on any atom is -0.476 e. The molecule has 2 rings (SSSR count). The second-order valence-electron chi connectivity index (χ2n) is 3.54. The summed E-state index contributed by atoms with van der Waals surface area (Å²) in [5, 5.41) is 12.6. The second kappa shape index (κ2) is 4.25. The van der Waals surface area contributed by atoms with Crippen LogP contribution in [0.2, 0.25) is 0 Å². The molecular formula is C11H10FN3O2. The first-order chi connectivity index (χ1) is 8.06. The summed E-state index contributed by atoms with van der Waals surface area (Å²) in [5.41, 5.74) is 6.30. The fraction of sp³-hybridized carbons (Fsp3) is 0.0909. The lowest BCUT2D eigenvalue weighted by Gasteiger charge is -2.03. The number of halogens is 1. The molecule has 0 bridgehead atoms. The predicted octanol–water partition coefficient (Wildman–Crippen LogP) is 1.35. The van der Waals surface area contributed by atoms with E-state index in [0.717, 1.165) is 5.56 Å². The van der Waals surface area contributed by atoms with Crippen molar-refractivity contribution in [3.8, 4) is 0 Å².